The zero-order valence-corrected chi connectivity index (χ0v) is 13.2. The molecule has 0 bridgehead atoms. The van der Waals surface area contributed by atoms with Crippen LogP contribution in [0.5, 0.6) is 0 Å². The fourth-order valence-electron chi connectivity index (χ4n) is 1.94. The van der Waals surface area contributed by atoms with E-state index in [1.807, 2.05) is 30.3 Å². The molecule has 0 aromatic heterocycles. The first-order valence-corrected chi connectivity index (χ1v) is 8.83. The minimum atomic E-state index is -1.82. The van der Waals surface area contributed by atoms with Gasteiger partial charge in [0.1, 0.15) is 0 Å². The van der Waals surface area contributed by atoms with Crippen LogP contribution in [0.15, 0.2) is 53.8 Å². The third-order valence-electron chi connectivity index (χ3n) is 3.04. The second kappa shape index (κ2) is 8.00. The topological polar surface area (TPSA) is 29.1 Å². The molecule has 1 N–H and O–H groups in total. The Balaban J connectivity index is -0.000000810. The quantitative estimate of drug-likeness (QED) is 0.587. The Kier molecular flexibility index (Phi) is 7.82. The van der Waals surface area contributed by atoms with Gasteiger partial charge in [0.05, 0.1) is 0 Å². The molecule has 0 saturated carbocycles. The van der Waals surface area contributed by atoms with Crippen LogP contribution in [-0.4, -0.2) is 14.1 Å². The Morgan fingerprint density at radius 1 is 1.21 bits per heavy atom. The van der Waals surface area contributed by atoms with Crippen LogP contribution in [0.2, 0.25) is 13.1 Å². The van der Waals surface area contributed by atoms with Gasteiger partial charge in [-0.05, 0) is 31.6 Å². The van der Waals surface area contributed by atoms with Crippen molar-refractivity contribution in [3.63, 3.8) is 0 Å². The number of carbonyl (C=O) groups is 1. The van der Waals surface area contributed by atoms with Crippen LogP contribution in [0.25, 0.3) is 0 Å². The summed E-state index contributed by atoms with van der Waals surface area (Å²) in [6, 6.07) is 9.39. The third-order valence-corrected chi connectivity index (χ3v) is 5.86. The summed E-state index contributed by atoms with van der Waals surface area (Å²) in [5, 5.41) is 1.38. The van der Waals surface area contributed by atoms with Gasteiger partial charge in [0.15, 0.2) is 8.24 Å². The van der Waals surface area contributed by atoms with Crippen molar-refractivity contribution in [2.45, 2.75) is 19.5 Å². The molecule has 19 heavy (non-hydrogen) atoms. The summed E-state index contributed by atoms with van der Waals surface area (Å²) >= 11 is 0. The van der Waals surface area contributed by atoms with Gasteiger partial charge in [-0.3, -0.25) is 4.79 Å². The summed E-state index contributed by atoms with van der Waals surface area (Å²) in [4.78, 5) is 15.3. The molecule has 5 heteroatoms. The molecular weight excluding hydrogens is 240 g/mol. The van der Waals surface area contributed by atoms with Crippen molar-refractivity contribution in [2.24, 2.45) is 0 Å². The van der Waals surface area contributed by atoms with Crippen molar-refractivity contribution in [3.05, 3.63) is 59.3 Å². The smallest absolute Gasteiger partial charge is 1.00 e. The van der Waals surface area contributed by atoms with Crippen molar-refractivity contribution < 1.29 is 45.4 Å². The van der Waals surface area contributed by atoms with Crippen LogP contribution in [0, 0.1) is 0 Å². The fraction of sp³-hybridized carbons (Fsp3) is 0.214. The van der Waals surface area contributed by atoms with Crippen molar-refractivity contribution in [3.8, 4) is 0 Å². The van der Waals surface area contributed by atoms with Gasteiger partial charge < -0.3 is 7.84 Å². The molecule has 2 nitrogen and oxygen atoms in total. The summed E-state index contributed by atoms with van der Waals surface area (Å²) in [6.45, 7) is 4.35. The minimum absolute atomic E-state index is 0. The predicted octanol–water partition coefficient (Wildman–Crippen LogP) is -2.72. The van der Waals surface area contributed by atoms with Gasteiger partial charge in [0, 0.05) is 5.56 Å². The Bertz CT molecular complexity index is 493. The number of hydrogen-bond acceptors (Lipinski definition) is 1. The van der Waals surface area contributed by atoms with E-state index in [2.05, 4.69) is 36.3 Å². The van der Waals surface area contributed by atoms with E-state index < -0.39 is 8.24 Å². The van der Waals surface area contributed by atoms with Crippen molar-refractivity contribution in [1.29, 1.82) is 0 Å². The van der Waals surface area contributed by atoms with Crippen molar-refractivity contribution in [2.75, 3.05) is 0 Å². The molecule has 0 atom stereocenters. The molecule has 0 saturated heterocycles. The van der Waals surface area contributed by atoms with Gasteiger partial charge in [-0.15, -0.1) is 0 Å². The first-order chi connectivity index (χ1) is 8.09. The van der Waals surface area contributed by atoms with Crippen molar-refractivity contribution >= 4 is 14.1 Å². The first-order valence-electron chi connectivity index (χ1n) is 5.83. The zero-order chi connectivity index (χ0) is 12.3. The van der Waals surface area contributed by atoms with Crippen molar-refractivity contribution in [1.82, 2.24) is 4.98 Å². The van der Waals surface area contributed by atoms with E-state index in [9.17, 15) is 4.79 Å². The SMILES string of the molecule is C[Si](C)(NC(=O)c1ccccc1)C1=CC=CC1.[H-].[H-].[Li+].[Li+]. The Hall–Kier alpha value is -0.418. The summed E-state index contributed by atoms with van der Waals surface area (Å²) < 4.78 is 0. The number of amides is 1. The molecule has 1 aromatic rings. The molecule has 0 unspecified atom stereocenters. The average Bonchev–Trinajstić information content (AvgIpc) is 2.84. The first kappa shape index (κ1) is 18.6. The van der Waals surface area contributed by atoms with E-state index in [1.54, 1.807) is 0 Å². The van der Waals surface area contributed by atoms with Gasteiger partial charge in [0.2, 0.25) is 5.91 Å². The molecule has 1 aliphatic carbocycles. The minimum Gasteiger partial charge on any atom is -1.00 e. The largest absolute Gasteiger partial charge is 1.00 e. The molecule has 0 fully saturated rings. The molecule has 0 heterocycles. The number of nitrogens with one attached hydrogen (secondary N) is 1. The van der Waals surface area contributed by atoms with E-state index in [-0.39, 0.29) is 46.5 Å². The number of rotatable bonds is 3. The second-order valence-electron chi connectivity index (χ2n) is 4.77. The van der Waals surface area contributed by atoms with Crippen LogP contribution in [0.3, 0.4) is 0 Å². The molecule has 0 aliphatic heterocycles. The van der Waals surface area contributed by atoms with Gasteiger partial charge in [0.25, 0.3) is 0 Å². The molecule has 2 rings (SSSR count). The van der Waals surface area contributed by atoms with Gasteiger partial charge >= 0.3 is 37.7 Å². The fourth-order valence-corrected chi connectivity index (χ4v) is 3.95. The monoisotopic (exact) mass is 259 g/mol. The standard InChI is InChI=1S/C14H17NOSi.2Li.2H/c1-17(2,13-10-6-7-11-13)15-14(16)12-8-4-3-5-9-12;;;;/h3-10H,11H2,1-2H3,(H,15,16);;;;/q;2*+1;2*-1. The maximum absolute atomic E-state index is 12.1. The summed E-state index contributed by atoms with van der Waals surface area (Å²) in [7, 11) is -1.82. The maximum atomic E-state index is 12.1. The van der Waals surface area contributed by atoms with Crippen LogP contribution in [0.1, 0.15) is 19.6 Å². The van der Waals surface area contributed by atoms with Crippen LogP contribution in [-0.2, 0) is 0 Å². The van der Waals surface area contributed by atoms with Crippen LogP contribution >= 0.6 is 0 Å². The molecule has 92 valence electrons. The Labute approximate surface area is 143 Å². The number of hydrogen-bond donors (Lipinski definition) is 1. The van der Waals surface area contributed by atoms with Gasteiger partial charge in [-0.25, -0.2) is 0 Å². The van der Waals surface area contributed by atoms with Gasteiger partial charge in [-0.2, -0.15) is 0 Å². The van der Waals surface area contributed by atoms with E-state index >= 15 is 0 Å². The molecule has 1 aromatic carbocycles. The number of allylic oxidation sites excluding steroid dienone is 4. The summed E-state index contributed by atoms with van der Waals surface area (Å²) in [5.74, 6) is 0.0371. The molecule has 0 radical (unpaired) electrons. The zero-order valence-electron chi connectivity index (χ0n) is 14.2. The summed E-state index contributed by atoms with van der Waals surface area (Å²) in [6.07, 6.45) is 7.32. The Morgan fingerprint density at radius 2 is 1.84 bits per heavy atom. The van der Waals surface area contributed by atoms with E-state index in [1.165, 1.54) is 5.20 Å². The van der Waals surface area contributed by atoms with Gasteiger partial charge in [-0.1, -0.05) is 41.6 Å². The number of benzene rings is 1. The maximum Gasteiger partial charge on any atom is 1.00 e. The van der Waals surface area contributed by atoms with E-state index in [0.29, 0.717) is 0 Å². The molecular formula is C14H19Li2NOSi. The van der Waals surface area contributed by atoms with E-state index in [0.717, 1.165) is 12.0 Å². The summed E-state index contributed by atoms with van der Waals surface area (Å²) in [5.41, 5.74) is 0.736. The average molecular weight is 259 g/mol. The van der Waals surface area contributed by atoms with Crippen LogP contribution < -0.4 is 42.7 Å². The molecule has 1 amide bonds. The Morgan fingerprint density at radius 3 is 2.37 bits per heavy atom. The number of carbonyl (C=O) groups excluding carboxylic acids is 1. The normalized spacial score (nSPS) is 13.1. The third kappa shape index (κ3) is 4.88. The predicted molar refractivity (Wildman–Crippen MR) is 75.5 cm³/mol. The molecule has 0 spiro atoms. The van der Waals surface area contributed by atoms with Crippen LogP contribution in [0.4, 0.5) is 0 Å². The van der Waals surface area contributed by atoms with E-state index in [4.69, 9.17) is 0 Å². The molecule has 1 aliphatic rings. The second-order valence-corrected chi connectivity index (χ2v) is 8.91.